The highest BCUT2D eigenvalue weighted by atomic mass is 32.1. The number of hydrogen-bond acceptors (Lipinski definition) is 3. The fourth-order valence-electron chi connectivity index (χ4n) is 1.87. The molecule has 2 aromatic heterocycles. The maximum Gasteiger partial charge on any atom is 0.0537 e. The summed E-state index contributed by atoms with van der Waals surface area (Å²) in [7, 11) is 0. The molecule has 1 N–H and O–H groups in total. The maximum atomic E-state index is 4.31. The number of rotatable bonds is 5. The van der Waals surface area contributed by atoms with Gasteiger partial charge in [-0.3, -0.25) is 4.68 Å². The van der Waals surface area contributed by atoms with Gasteiger partial charge in [0.2, 0.25) is 0 Å². The van der Waals surface area contributed by atoms with E-state index >= 15 is 0 Å². The summed E-state index contributed by atoms with van der Waals surface area (Å²) in [6.07, 6.45) is 4.06. The number of aromatic nitrogens is 2. The van der Waals surface area contributed by atoms with Gasteiger partial charge >= 0.3 is 0 Å². The van der Waals surface area contributed by atoms with Crippen LogP contribution in [-0.4, -0.2) is 9.78 Å². The van der Waals surface area contributed by atoms with E-state index in [2.05, 4.69) is 54.9 Å². The minimum Gasteiger partial charge on any atom is -0.303 e. The Hall–Kier alpha value is -1.13. The highest BCUT2D eigenvalue weighted by Gasteiger charge is 2.12. The average Bonchev–Trinajstić information content (AvgIpc) is 3.00. The Morgan fingerprint density at radius 1 is 1.41 bits per heavy atom. The van der Waals surface area contributed by atoms with E-state index in [-0.39, 0.29) is 0 Å². The summed E-state index contributed by atoms with van der Waals surface area (Å²) in [6, 6.07) is 4.98. The number of nitrogens with zero attached hydrogens (tertiary/aromatic N) is 2. The predicted octanol–water partition coefficient (Wildman–Crippen LogP) is 3.38. The zero-order valence-corrected chi connectivity index (χ0v) is 11.4. The van der Waals surface area contributed by atoms with Crippen LogP contribution in [0.5, 0.6) is 0 Å². The van der Waals surface area contributed by atoms with Crippen LogP contribution in [-0.2, 0) is 6.54 Å². The molecule has 3 nitrogen and oxygen atoms in total. The second kappa shape index (κ2) is 5.47. The highest BCUT2D eigenvalue weighted by molar-refractivity contribution is 7.10. The van der Waals surface area contributed by atoms with Gasteiger partial charge in [0.25, 0.3) is 0 Å². The molecule has 1 unspecified atom stereocenters. The molecule has 17 heavy (non-hydrogen) atoms. The predicted molar refractivity (Wildman–Crippen MR) is 72.2 cm³/mol. The van der Waals surface area contributed by atoms with Crippen LogP contribution in [0.2, 0.25) is 0 Å². The Bertz CT molecular complexity index is 447. The second-order valence-corrected chi connectivity index (χ2v) is 5.23. The molecule has 0 saturated heterocycles. The normalized spacial score (nSPS) is 14.8. The molecule has 2 atom stereocenters. The topological polar surface area (TPSA) is 29.9 Å². The fourth-order valence-corrected chi connectivity index (χ4v) is 2.61. The van der Waals surface area contributed by atoms with Gasteiger partial charge in [-0.05, 0) is 32.2 Å². The standard InChI is InChI=1S/C13H19N3S/c1-4-16-9-12(8-14-16)10(2)15-11(3)13-6-5-7-17-13/h5-11,15H,4H2,1-3H3/t10?,11-/m0/s1. The van der Waals surface area contributed by atoms with Crippen molar-refractivity contribution in [3.8, 4) is 0 Å². The van der Waals surface area contributed by atoms with E-state index in [4.69, 9.17) is 0 Å². The van der Waals surface area contributed by atoms with Crippen molar-refractivity contribution in [2.45, 2.75) is 39.4 Å². The van der Waals surface area contributed by atoms with Crippen molar-refractivity contribution in [3.05, 3.63) is 40.3 Å². The van der Waals surface area contributed by atoms with Gasteiger partial charge in [0, 0.05) is 35.3 Å². The van der Waals surface area contributed by atoms with Crippen molar-refractivity contribution in [2.75, 3.05) is 0 Å². The summed E-state index contributed by atoms with van der Waals surface area (Å²) in [4.78, 5) is 1.37. The van der Waals surface area contributed by atoms with Gasteiger partial charge in [-0.1, -0.05) is 6.07 Å². The molecule has 0 amide bonds. The Balaban J connectivity index is 1.99. The SMILES string of the molecule is CCn1cc(C(C)N[C@@H](C)c2cccs2)cn1. The van der Waals surface area contributed by atoms with Crippen molar-refractivity contribution in [2.24, 2.45) is 0 Å². The quantitative estimate of drug-likeness (QED) is 0.880. The van der Waals surface area contributed by atoms with Crippen molar-refractivity contribution in [1.82, 2.24) is 15.1 Å². The molecule has 0 saturated carbocycles. The number of aryl methyl sites for hydroxylation is 1. The van der Waals surface area contributed by atoms with Crippen LogP contribution in [0.3, 0.4) is 0 Å². The second-order valence-electron chi connectivity index (χ2n) is 4.25. The molecular weight excluding hydrogens is 230 g/mol. The Labute approximate surface area is 106 Å². The van der Waals surface area contributed by atoms with E-state index in [0.29, 0.717) is 12.1 Å². The van der Waals surface area contributed by atoms with Gasteiger partial charge < -0.3 is 5.32 Å². The maximum absolute atomic E-state index is 4.31. The van der Waals surface area contributed by atoms with E-state index in [1.807, 2.05) is 10.9 Å². The van der Waals surface area contributed by atoms with Crippen LogP contribution in [0.15, 0.2) is 29.9 Å². The molecule has 4 heteroatoms. The molecule has 0 aliphatic rings. The van der Waals surface area contributed by atoms with Gasteiger partial charge in [0.15, 0.2) is 0 Å². The number of hydrogen-bond donors (Lipinski definition) is 1. The van der Waals surface area contributed by atoms with Crippen molar-refractivity contribution in [1.29, 1.82) is 0 Å². The van der Waals surface area contributed by atoms with Crippen LogP contribution in [0.25, 0.3) is 0 Å². The molecule has 2 heterocycles. The average molecular weight is 249 g/mol. The Morgan fingerprint density at radius 2 is 2.24 bits per heavy atom. The van der Waals surface area contributed by atoms with Crippen LogP contribution in [0.4, 0.5) is 0 Å². The Kier molecular flexibility index (Phi) is 3.97. The minimum absolute atomic E-state index is 0.326. The van der Waals surface area contributed by atoms with Gasteiger partial charge in [-0.25, -0.2) is 0 Å². The first kappa shape index (κ1) is 12.3. The zero-order valence-electron chi connectivity index (χ0n) is 10.6. The van der Waals surface area contributed by atoms with Crippen molar-refractivity contribution in [3.63, 3.8) is 0 Å². The summed E-state index contributed by atoms with van der Waals surface area (Å²) in [5.41, 5.74) is 1.25. The monoisotopic (exact) mass is 249 g/mol. The lowest BCUT2D eigenvalue weighted by molar-refractivity contribution is 0.499. The summed E-state index contributed by atoms with van der Waals surface area (Å²) in [5.74, 6) is 0. The van der Waals surface area contributed by atoms with E-state index in [1.165, 1.54) is 10.4 Å². The molecule has 0 bridgehead atoms. The molecule has 0 aliphatic heterocycles. The molecule has 0 aromatic carbocycles. The van der Waals surface area contributed by atoms with E-state index < -0.39 is 0 Å². The van der Waals surface area contributed by atoms with Crippen LogP contribution in [0, 0.1) is 0 Å². The third-order valence-electron chi connectivity index (χ3n) is 2.95. The molecule has 92 valence electrons. The first-order valence-corrected chi connectivity index (χ1v) is 6.90. The lowest BCUT2D eigenvalue weighted by atomic mass is 10.1. The molecular formula is C13H19N3S. The van der Waals surface area contributed by atoms with E-state index in [9.17, 15) is 0 Å². The molecule has 2 rings (SSSR count). The number of nitrogens with one attached hydrogen (secondary N) is 1. The molecule has 2 aromatic rings. The first-order chi connectivity index (χ1) is 8.20. The lowest BCUT2D eigenvalue weighted by Crippen LogP contribution is -2.21. The van der Waals surface area contributed by atoms with Gasteiger partial charge in [0.05, 0.1) is 6.20 Å². The van der Waals surface area contributed by atoms with Gasteiger partial charge in [-0.2, -0.15) is 5.10 Å². The van der Waals surface area contributed by atoms with Crippen molar-refractivity contribution >= 4 is 11.3 Å². The molecule has 0 fully saturated rings. The van der Waals surface area contributed by atoms with Crippen LogP contribution >= 0.6 is 11.3 Å². The summed E-state index contributed by atoms with van der Waals surface area (Å²) in [5, 5.41) is 10.0. The Morgan fingerprint density at radius 3 is 2.82 bits per heavy atom. The third-order valence-corrected chi connectivity index (χ3v) is 4.00. The molecule has 0 aliphatic carbocycles. The zero-order chi connectivity index (χ0) is 12.3. The molecule has 0 spiro atoms. The number of thiophene rings is 1. The summed E-state index contributed by atoms with van der Waals surface area (Å²) < 4.78 is 1.96. The van der Waals surface area contributed by atoms with Crippen LogP contribution < -0.4 is 5.32 Å². The van der Waals surface area contributed by atoms with Gasteiger partial charge in [-0.15, -0.1) is 11.3 Å². The van der Waals surface area contributed by atoms with E-state index in [0.717, 1.165) is 6.54 Å². The summed E-state index contributed by atoms with van der Waals surface area (Å²) in [6.45, 7) is 7.41. The van der Waals surface area contributed by atoms with Crippen molar-refractivity contribution < 1.29 is 0 Å². The van der Waals surface area contributed by atoms with Crippen LogP contribution in [0.1, 0.15) is 43.3 Å². The summed E-state index contributed by atoms with van der Waals surface area (Å²) >= 11 is 1.79. The highest BCUT2D eigenvalue weighted by Crippen LogP contribution is 2.22. The smallest absolute Gasteiger partial charge is 0.0537 e. The third kappa shape index (κ3) is 2.96. The van der Waals surface area contributed by atoms with Gasteiger partial charge in [0.1, 0.15) is 0 Å². The first-order valence-electron chi connectivity index (χ1n) is 6.02. The largest absolute Gasteiger partial charge is 0.303 e. The fraction of sp³-hybridized carbons (Fsp3) is 0.462. The van der Waals surface area contributed by atoms with E-state index in [1.54, 1.807) is 11.3 Å². The lowest BCUT2D eigenvalue weighted by Gasteiger charge is -2.17. The minimum atomic E-state index is 0.326. The molecule has 0 radical (unpaired) electrons.